The molecule has 0 spiro atoms. The van der Waals surface area contributed by atoms with Crippen LogP contribution >= 0.6 is 23.2 Å². The molecule has 8 nitrogen and oxygen atoms in total. The van der Waals surface area contributed by atoms with Gasteiger partial charge in [-0.2, -0.15) is 0 Å². The number of carbonyl (C=O) groups is 1. The Bertz CT molecular complexity index is 1670. The van der Waals surface area contributed by atoms with Gasteiger partial charge in [-0.25, -0.2) is 9.78 Å². The van der Waals surface area contributed by atoms with Crippen LogP contribution in [-0.4, -0.2) is 53.9 Å². The van der Waals surface area contributed by atoms with Gasteiger partial charge in [0.15, 0.2) is 0 Å². The van der Waals surface area contributed by atoms with Crippen molar-refractivity contribution >= 4 is 29.3 Å². The number of benzene rings is 2. The van der Waals surface area contributed by atoms with E-state index in [-0.39, 0.29) is 6.54 Å². The van der Waals surface area contributed by atoms with Crippen molar-refractivity contribution in [2.45, 2.75) is 59.4 Å². The van der Waals surface area contributed by atoms with E-state index in [0.717, 1.165) is 33.6 Å². The maximum atomic E-state index is 12.5. The standard InChI is InChI=1S/C35H40Cl2N4O4/c1-21(2)39-19-23-13-12-22(18-29(23)43-7)32-31(37)26(16-17-38-32)25-10-9-11-27(30(25)36)28-15-14-24(33(40-28)44-8)20-41(6)34(42)45-35(3,4)5/h9-18,21,39H,19-20H2,1-8H3. The highest BCUT2D eigenvalue weighted by Gasteiger charge is 2.22. The molecule has 4 aromatic rings. The average Bonchev–Trinajstić information content (AvgIpc) is 2.99. The fraction of sp³-hybridized carbons (Fsp3) is 0.343. The number of pyridine rings is 2. The molecule has 1 amide bonds. The predicted molar refractivity (Wildman–Crippen MR) is 181 cm³/mol. The molecule has 0 fully saturated rings. The summed E-state index contributed by atoms with van der Waals surface area (Å²) < 4.78 is 16.8. The lowest BCUT2D eigenvalue weighted by molar-refractivity contribution is 0.0284. The number of rotatable bonds is 10. The number of hydrogen-bond donors (Lipinski definition) is 1. The third-order valence-electron chi connectivity index (χ3n) is 6.96. The summed E-state index contributed by atoms with van der Waals surface area (Å²) in [6, 6.07) is 17.6. The van der Waals surface area contributed by atoms with Gasteiger partial charge in [0.1, 0.15) is 11.4 Å². The van der Waals surface area contributed by atoms with Crippen LogP contribution in [-0.2, 0) is 17.8 Å². The summed E-state index contributed by atoms with van der Waals surface area (Å²) in [6.07, 6.45) is 1.29. The van der Waals surface area contributed by atoms with Gasteiger partial charge < -0.3 is 24.4 Å². The second-order valence-electron chi connectivity index (χ2n) is 12.0. The Hall–Kier alpha value is -3.85. The van der Waals surface area contributed by atoms with Crippen LogP contribution in [0.15, 0.2) is 60.8 Å². The Morgan fingerprint density at radius 2 is 1.62 bits per heavy atom. The van der Waals surface area contributed by atoms with Gasteiger partial charge in [0.25, 0.3) is 0 Å². The summed E-state index contributed by atoms with van der Waals surface area (Å²) in [4.78, 5) is 23.3. The zero-order chi connectivity index (χ0) is 32.9. The number of carbonyl (C=O) groups excluding carboxylic acids is 1. The molecule has 2 aromatic carbocycles. The van der Waals surface area contributed by atoms with Gasteiger partial charge in [-0.05, 0) is 45.0 Å². The molecule has 2 heterocycles. The Kier molecular flexibility index (Phi) is 11.0. The predicted octanol–water partition coefficient (Wildman–Crippen LogP) is 8.67. The minimum atomic E-state index is -0.597. The van der Waals surface area contributed by atoms with Gasteiger partial charge in [0, 0.05) is 59.2 Å². The van der Waals surface area contributed by atoms with Crippen molar-refractivity contribution in [2.24, 2.45) is 0 Å². The van der Waals surface area contributed by atoms with Crippen molar-refractivity contribution in [2.75, 3.05) is 21.3 Å². The minimum Gasteiger partial charge on any atom is -0.496 e. The minimum absolute atomic E-state index is 0.258. The lowest BCUT2D eigenvalue weighted by Gasteiger charge is -2.25. The number of nitrogens with zero attached hydrogens (tertiary/aromatic N) is 3. The Balaban J connectivity index is 1.66. The number of aromatic nitrogens is 2. The van der Waals surface area contributed by atoms with Gasteiger partial charge in [0.2, 0.25) is 5.88 Å². The molecule has 238 valence electrons. The second-order valence-corrected chi connectivity index (χ2v) is 12.7. The van der Waals surface area contributed by atoms with Crippen LogP contribution in [0.2, 0.25) is 10.0 Å². The largest absolute Gasteiger partial charge is 0.496 e. The Morgan fingerprint density at radius 1 is 0.933 bits per heavy atom. The molecule has 2 aromatic heterocycles. The molecule has 0 bridgehead atoms. The quantitative estimate of drug-likeness (QED) is 0.184. The number of ether oxygens (including phenoxy) is 3. The molecule has 45 heavy (non-hydrogen) atoms. The van der Waals surface area contributed by atoms with E-state index in [1.807, 2.05) is 75.4 Å². The SMILES string of the molecule is COc1cc(-c2nccc(-c3cccc(-c4ccc(CN(C)C(=O)OC(C)(C)C)c(OC)n4)c3Cl)c2Cl)ccc1CNC(C)C. The average molecular weight is 652 g/mol. The second kappa shape index (κ2) is 14.5. The number of halogens is 2. The van der Waals surface area contributed by atoms with Crippen LogP contribution in [0, 0.1) is 0 Å². The van der Waals surface area contributed by atoms with Gasteiger partial charge in [-0.15, -0.1) is 0 Å². The first-order valence-electron chi connectivity index (χ1n) is 14.6. The lowest BCUT2D eigenvalue weighted by Crippen LogP contribution is -2.33. The van der Waals surface area contributed by atoms with Crippen LogP contribution in [0.3, 0.4) is 0 Å². The topological polar surface area (TPSA) is 85.8 Å². The first-order chi connectivity index (χ1) is 21.3. The molecule has 0 atom stereocenters. The van der Waals surface area contributed by atoms with E-state index in [4.69, 9.17) is 42.4 Å². The third-order valence-corrected chi connectivity index (χ3v) is 7.75. The van der Waals surface area contributed by atoms with Crippen molar-refractivity contribution < 1.29 is 19.0 Å². The smallest absolute Gasteiger partial charge is 0.410 e. The summed E-state index contributed by atoms with van der Waals surface area (Å²) in [6.45, 7) is 10.6. The van der Waals surface area contributed by atoms with Crippen LogP contribution in [0.4, 0.5) is 4.79 Å². The molecule has 0 saturated heterocycles. The van der Waals surface area contributed by atoms with Crippen molar-refractivity contribution in [3.8, 4) is 45.3 Å². The normalized spacial score (nSPS) is 11.4. The summed E-state index contributed by atoms with van der Waals surface area (Å²) >= 11 is 14.1. The summed E-state index contributed by atoms with van der Waals surface area (Å²) in [5, 5.41) is 4.38. The van der Waals surface area contributed by atoms with Crippen LogP contribution in [0.25, 0.3) is 33.6 Å². The number of nitrogens with one attached hydrogen (secondary N) is 1. The molecule has 0 saturated carbocycles. The third kappa shape index (κ3) is 8.25. The molecule has 0 radical (unpaired) electrons. The van der Waals surface area contributed by atoms with Crippen molar-refractivity contribution in [1.29, 1.82) is 0 Å². The molecule has 0 aliphatic rings. The molecule has 0 aliphatic heterocycles. The molecule has 0 unspecified atom stereocenters. The zero-order valence-electron chi connectivity index (χ0n) is 27.0. The van der Waals surface area contributed by atoms with E-state index in [0.29, 0.717) is 45.5 Å². The Labute approximate surface area is 275 Å². The van der Waals surface area contributed by atoms with E-state index in [2.05, 4.69) is 24.1 Å². The lowest BCUT2D eigenvalue weighted by atomic mass is 9.99. The van der Waals surface area contributed by atoms with E-state index >= 15 is 0 Å². The van der Waals surface area contributed by atoms with E-state index in [1.54, 1.807) is 27.5 Å². The maximum Gasteiger partial charge on any atom is 0.410 e. The van der Waals surface area contributed by atoms with Crippen LogP contribution in [0.5, 0.6) is 11.6 Å². The van der Waals surface area contributed by atoms with Crippen molar-refractivity contribution in [3.63, 3.8) is 0 Å². The molecular formula is C35H40Cl2N4O4. The first-order valence-corrected chi connectivity index (χ1v) is 15.4. The first kappa shape index (κ1) is 34.0. The fourth-order valence-electron chi connectivity index (χ4n) is 4.72. The maximum absolute atomic E-state index is 12.5. The van der Waals surface area contributed by atoms with Crippen LogP contribution in [0.1, 0.15) is 45.7 Å². The summed E-state index contributed by atoms with van der Waals surface area (Å²) in [7, 11) is 4.87. The van der Waals surface area contributed by atoms with Gasteiger partial charge in [-0.1, -0.05) is 67.4 Å². The molecule has 0 aliphatic carbocycles. The highest BCUT2D eigenvalue weighted by molar-refractivity contribution is 6.39. The van der Waals surface area contributed by atoms with Gasteiger partial charge in [0.05, 0.1) is 42.2 Å². The van der Waals surface area contributed by atoms with Crippen molar-refractivity contribution in [3.05, 3.63) is 82.0 Å². The van der Waals surface area contributed by atoms with Gasteiger partial charge >= 0.3 is 6.09 Å². The molecule has 10 heteroatoms. The molecule has 1 N–H and O–H groups in total. The number of amides is 1. The van der Waals surface area contributed by atoms with E-state index in [9.17, 15) is 4.79 Å². The number of methoxy groups -OCH3 is 2. The van der Waals surface area contributed by atoms with E-state index in [1.165, 1.54) is 4.90 Å². The van der Waals surface area contributed by atoms with E-state index < -0.39 is 11.7 Å². The molecular weight excluding hydrogens is 611 g/mol. The van der Waals surface area contributed by atoms with Crippen molar-refractivity contribution in [1.82, 2.24) is 20.2 Å². The van der Waals surface area contributed by atoms with Gasteiger partial charge in [-0.3, -0.25) is 4.98 Å². The fourth-order valence-corrected chi connectivity index (χ4v) is 5.37. The zero-order valence-corrected chi connectivity index (χ0v) is 28.5. The number of hydrogen-bond acceptors (Lipinski definition) is 7. The monoisotopic (exact) mass is 650 g/mol. The molecule has 4 rings (SSSR count). The summed E-state index contributed by atoms with van der Waals surface area (Å²) in [5.74, 6) is 1.14. The highest BCUT2D eigenvalue weighted by atomic mass is 35.5. The Morgan fingerprint density at radius 3 is 2.29 bits per heavy atom. The van der Waals surface area contributed by atoms with Crippen LogP contribution < -0.4 is 14.8 Å². The highest BCUT2D eigenvalue weighted by Crippen LogP contribution is 2.42. The summed E-state index contributed by atoms with van der Waals surface area (Å²) in [5.41, 5.74) is 5.42.